The summed E-state index contributed by atoms with van der Waals surface area (Å²) in [5.74, 6) is 1.67. The van der Waals surface area contributed by atoms with E-state index in [0.29, 0.717) is 12.8 Å². The molecule has 0 aliphatic rings. The fourth-order valence-electron chi connectivity index (χ4n) is 2.48. The minimum absolute atomic E-state index is 0.0178. The zero-order valence-electron chi connectivity index (χ0n) is 13.3. The van der Waals surface area contributed by atoms with Gasteiger partial charge in [0.2, 0.25) is 0 Å². The lowest BCUT2D eigenvalue weighted by Gasteiger charge is -2.02. The van der Waals surface area contributed by atoms with Crippen molar-refractivity contribution in [2.75, 3.05) is 7.11 Å². The number of hydrogen-bond donors (Lipinski definition) is 2. The smallest absolute Gasteiger partial charge is 0.156 e. The van der Waals surface area contributed by atoms with Crippen LogP contribution in [0.15, 0.2) is 48.5 Å². The van der Waals surface area contributed by atoms with Gasteiger partial charge < -0.3 is 14.8 Å². The first kappa shape index (κ1) is 15.8. The van der Waals surface area contributed by atoms with Gasteiger partial charge in [-0.15, -0.1) is 0 Å². The van der Waals surface area contributed by atoms with Crippen molar-refractivity contribution in [1.29, 1.82) is 0 Å². The molecule has 0 spiro atoms. The number of ether oxygens (including phenoxy) is 1. The van der Waals surface area contributed by atoms with E-state index in [1.165, 1.54) is 0 Å². The zero-order chi connectivity index (χ0) is 16.9. The molecule has 0 fully saturated rings. The summed E-state index contributed by atoms with van der Waals surface area (Å²) in [4.78, 5) is 19.6. The molecule has 5 nitrogen and oxygen atoms in total. The Hall–Kier alpha value is -3.08. The van der Waals surface area contributed by atoms with E-state index in [0.717, 1.165) is 28.2 Å². The average molecular weight is 322 g/mol. The number of para-hydroxylation sites is 1. The van der Waals surface area contributed by atoms with E-state index in [2.05, 4.69) is 9.97 Å². The largest absolute Gasteiger partial charge is 0.508 e. The number of nitrogens with zero attached hydrogens (tertiary/aromatic N) is 1. The molecular formula is C19H18N2O3. The van der Waals surface area contributed by atoms with Gasteiger partial charge in [0, 0.05) is 24.5 Å². The highest BCUT2D eigenvalue weighted by Crippen LogP contribution is 2.20. The van der Waals surface area contributed by atoms with E-state index < -0.39 is 0 Å². The van der Waals surface area contributed by atoms with Gasteiger partial charge in [-0.3, -0.25) is 4.79 Å². The van der Waals surface area contributed by atoms with Crippen molar-refractivity contribution in [2.24, 2.45) is 0 Å². The van der Waals surface area contributed by atoms with Gasteiger partial charge in [0.05, 0.1) is 18.1 Å². The topological polar surface area (TPSA) is 75.2 Å². The van der Waals surface area contributed by atoms with Gasteiger partial charge in [-0.25, -0.2) is 4.98 Å². The molecule has 122 valence electrons. The molecule has 0 saturated heterocycles. The third-order valence-electron chi connectivity index (χ3n) is 3.71. The highest BCUT2D eigenvalue weighted by molar-refractivity contribution is 5.94. The fraction of sp³-hybridized carbons (Fsp3) is 0.158. The predicted molar refractivity (Wildman–Crippen MR) is 93.1 cm³/mol. The van der Waals surface area contributed by atoms with Gasteiger partial charge in [-0.2, -0.15) is 0 Å². The third kappa shape index (κ3) is 3.63. The lowest BCUT2D eigenvalue weighted by atomic mass is 10.1. The standard InChI is InChI=1S/C19H18N2O3/c1-24-18-5-3-2-4-13(18)6-7-14(22)9-11-19-20-16-10-8-15(23)12-17(16)21-19/h2-8,10,12,23H,9,11H2,1H3,(H,20,21)/b7-6+. The van der Waals surface area contributed by atoms with Crippen LogP contribution in [0, 0.1) is 0 Å². The number of phenols is 1. The number of ketones is 1. The van der Waals surface area contributed by atoms with Crippen LogP contribution in [0.3, 0.4) is 0 Å². The number of aromatic amines is 1. The zero-order valence-corrected chi connectivity index (χ0v) is 13.3. The number of rotatable bonds is 6. The summed E-state index contributed by atoms with van der Waals surface area (Å²) in [7, 11) is 1.61. The molecular weight excluding hydrogens is 304 g/mol. The average Bonchev–Trinajstić information content (AvgIpc) is 3.00. The van der Waals surface area contributed by atoms with Gasteiger partial charge in [-0.1, -0.05) is 18.2 Å². The summed E-state index contributed by atoms with van der Waals surface area (Å²) in [6.07, 6.45) is 4.20. The molecule has 0 bridgehead atoms. The number of methoxy groups -OCH3 is 1. The molecule has 0 unspecified atom stereocenters. The maximum atomic E-state index is 12.0. The predicted octanol–water partition coefficient (Wildman–Crippen LogP) is 3.49. The number of aryl methyl sites for hydroxylation is 1. The second-order valence-electron chi connectivity index (χ2n) is 5.43. The van der Waals surface area contributed by atoms with Crippen molar-refractivity contribution in [3.63, 3.8) is 0 Å². The number of fused-ring (bicyclic) bond motifs is 1. The molecule has 0 atom stereocenters. The van der Waals surface area contributed by atoms with Crippen molar-refractivity contribution < 1.29 is 14.6 Å². The van der Waals surface area contributed by atoms with Crippen LogP contribution in [0.4, 0.5) is 0 Å². The summed E-state index contributed by atoms with van der Waals surface area (Å²) in [6, 6.07) is 12.5. The van der Waals surface area contributed by atoms with E-state index >= 15 is 0 Å². The number of allylic oxidation sites excluding steroid dienone is 1. The molecule has 0 aliphatic heterocycles. The highest BCUT2D eigenvalue weighted by atomic mass is 16.5. The van der Waals surface area contributed by atoms with Crippen LogP contribution in [-0.4, -0.2) is 28.0 Å². The molecule has 5 heteroatoms. The molecule has 24 heavy (non-hydrogen) atoms. The Balaban J connectivity index is 1.63. The summed E-state index contributed by atoms with van der Waals surface area (Å²) >= 11 is 0. The van der Waals surface area contributed by atoms with Crippen LogP contribution < -0.4 is 4.74 Å². The number of benzene rings is 2. The minimum atomic E-state index is 0.0178. The van der Waals surface area contributed by atoms with Crippen LogP contribution >= 0.6 is 0 Å². The van der Waals surface area contributed by atoms with E-state index in [1.807, 2.05) is 24.3 Å². The van der Waals surface area contributed by atoms with E-state index in [-0.39, 0.29) is 11.5 Å². The Morgan fingerprint density at radius 2 is 2.12 bits per heavy atom. The van der Waals surface area contributed by atoms with Crippen LogP contribution in [0.5, 0.6) is 11.5 Å². The van der Waals surface area contributed by atoms with Gasteiger partial charge in [0.15, 0.2) is 5.78 Å². The van der Waals surface area contributed by atoms with Crippen LogP contribution in [-0.2, 0) is 11.2 Å². The first-order valence-corrected chi connectivity index (χ1v) is 7.67. The third-order valence-corrected chi connectivity index (χ3v) is 3.71. The van der Waals surface area contributed by atoms with Crippen LogP contribution in [0.2, 0.25) is 0 Å². The number of aromatic nitrogens is 2. The molecule has 1 heterocycles. The first-order valence-electron chi connectivity index (χ1n) is 7.67. The fourth-order valence-corrected chi connectivity index (χ4v) is 2.48. The van der Waals surface area contributed by atoms with E-state index in [9.17, 15) is 9.90 Å². The van der Waals surface area contributed by atoms with Gasteiger partial charge in [0.25, 0.3) is 0 Å². The summed E-state index contributed by atoms with van der Waals surface area (Å²) in [5, 5.41) is 9.46. The molecule has 2 N–H and O–H groups in total. The monoisotopic (exact) mass is 322 g/mol. The second-order valence-corrected chi connectivity index (χ2v) is 5.43. The molecule has 1 aromatic heterocycles. The minimum Gasteiger partial charge on any atom is -0.508 e. The second kappa shape index (κ2) is 7.00. The SMILES string of the molecule is COc1ccccc1/C=C/C(=O)CCc1nc2ccc(O)cc2[nH]1. The lowest BCUT2D eigenvalue weighted by molar-refractivity contribution is -0.114. The summed E-state index contributed by atoms with van der Waals surface area (Å²) in [5.41, 5.74) is 2.41. The van der Waals surface area contributed by atoms with Crippen LogP contribution in [0.1, 0.15) is 17.8 Å². The number of aromatic hydroxyl groups is 1. The quantitative estimate of drug-likeness (QED) is 0.681. The Bertz CT molecular complexity index is 897. The number of carbonyl (C=O) groups excluding carboxylic acids is 1. The number of carbonyl (C=O) groups is 1. The van der Waals surface area contributed by atoms with Crippen LogP contribution in [0.25, 0.3) is 17.1 Å². The molecule has 3 aromatic rings. The van der Waals surface area contributed by atoms with E-state index in [1.54, 1.807) is 37.5 Å². The maximum Gasteiger partial charge on any atom is 0.156 e. The van der Waals surface area contributed by atoms with E-state index in [4.69, 9.17) is 4.74 Å². The lowest BCUT2D eigenvalue weighted by Crippen LogP contribution is -1.97. The summed E-state index contributed by atoms with van der Waals surface area (Å²) < 4.78 is 5.25. The molecule has 3 rings (SSSR count). The molecule has 0 amide bonds. The number of imidazole rings is 1. The molecule has 0 aliphatic carbocycles. The maximum absolute atomic E-state index is 12.0. The normalized spacial score (nSPS) is 11.2. The van der Waals surface area contributed by atoms with Gasteiger partial charge in [0.1, 0.15) is 17.3 Å². The number of nitrogens with one attached hydrogen (secondary N) is 1. The molecule has 0 radical (unpaired) electrons. The van der Waals surface area contributed by atoms with Crippen molar-refractivity contribution in [3.8, 4) is 11.5 Å². The Kier molecular flexibility index (Phi) is 4.61. The van der Waals surface area contributed by atoms with Crippen molar-refractivity contribution in [1.82, 2.24) is 9.97 Å². The number of hydrogen-bond acceptors (Lipinski definition) is 4. The van der Waals surface area contributed by atoms with Gasteiger partial charge >= 0.3 is 0 Å². The van der Waals surface area contributed by atoms with Gasteiger partial charge in [-0.05, 0) is 30.4 Å². The highest BCUT2D eigenvalue weighted by Gasteiger charge is 2.06. The van der Waals surface area contributed by atoms with Crippen molar-refractivity contribution in [3.05, 3.63) is 59.9 Å². The molecule has 0 saturated carbocycles. The van der Waals surface area contributed by atoms with Crippen molar-refractivity contribution >= 4 is 22.9 Å². The Morgan fingerprint density at radius 3 is 2.96 bits per heavy atom. The summed E-state index contributed by atoms with van der Waals surface area (Å²) in [6.45, 7) is 0. The van der Waals surface area contributed by atoms with Crippen molar-refractivity contribution in [2.45, 2.75) is 12.8 Å². The Labute approximate surface area is 139 Å². The number of phenolic OH excluding ortho intramolecular Hbond substituents is 1. The number of H-pyrrole nitrogens is 1. The first-order chi connectivity index (χ1) is 11.7. The molecule has 2 aromatic carbocycles. The Morgan fingerprint density at radius 1 is 1.29 bits per heavy atom.